The summed E-state index contributed by atoms with van der Waals surface area (Å²) in [6, 6.07) is 4.25. The van der Waals surface area contributed by atoms with Crippen LogP contribution in [0.1, 0.15) is 25.7 Å². The summed E-state index contributed by atoms with van der Waals surface area (Å²) in [5, 5.41) is 2.82. The molecule has 102 valence electrons. The minimum absolute atomic E-state index is 0.179. The first-order chi connectivity index (χ1) is 8.95. The van der Waals surface area contributed by atoms with E-state index in [1.54, 1.807) is 6.07 Å². The molecule has 0 unspecified atom stereocenters. The Morgan fingerprint density at radius 3 is 2.58 bits per heavy atom. The molecule has 19 heavy (non-hydrogen) atoms. The van der Waals surface area contributed by atoms with Crippen molar-refractivity contribution >= 4 is 51.4 Å². The van der Waals surface area contributed by atoms with Gasteiger partial charge in [-0.25, -0.2) is 4.39 Å². The van der Waals surface area contributed by atoms with Gasteiger partial charge in [0.05, 0.1) is 16.1 Å². The van der Waals surface area contributed by atoms with Gasteiger partial charge in [-0.15, -0.1) is 0 Å². The molecule has 0 aliphatic heterocycles. The van der Waals surface area contributed by atoms with Crippen molar-refractivity contribution in [3.05, 3.63) is 27.6 Å². The molecule has 1 saturated carbocycles. The van der Waals surface area contributed by atoms with E-state index in [0.717, 1.165) is 12.8 Å². The quantitative estimate of drug-likeness (QED) is 0.614. The molecule has 3 nitrogen and oxygen atoms in total. The van der Waals surface area contributed by atoms with Crippen LogP contribution in [-0.2, 0) is 4.79 Å². The first-order valence-electron chi connectivity index (χ1n) is 6.02. The Morgan fingerprint density at radius 2 is 2.05 bits per heavy atom. The Morgan fingerprint density at radius 1 is 1.42 bits per heavy atom. The summed E-state index contributed by atoms with van der Waals surface area (Å²) < 4.78 is 13.7. The Hall–Kier alpha value is -0.760. The van der Waals surface area contributed by atoms with E-state index >= 15 is 0 Å². The Labute approximate surface area is 130 Å². The van der Waals surface area contributed by atoms with Crippen molar-refractivity contribution in [1.82, 2.24) is 0 Å². The van der Waals surface area contributed by atoms with Gasteiger partial charge in [-0.05, 0) is 53.6 Å². The number of carbonyl (C=O) groups is 1. The first kappa shape index (κ1) is 14.6. The van der Waals surface area contributed by atoms with Crippen LogP contribution in [0.15, 0.2) is 18.2 Å². The predicted molar refractivity (Wildman–Crippen MR) is 85.4 cm³/mol. The Kier molecular flexibility index (Phi) is 4.39. The molecule has 1 aliphatic rings. The lowest BCUT2D eigenvalue weighted by atomic mass is 9.85. The smallest absolute Gasteiger partial charge is 0.237 e. The van der Waals surface area contributed by atoms with Crippen LogP contribution in [0.4, 0.5) is 10.1 Å². The summed E-state index contributed by atoms with van der Waals surface area (Å²) in [7, 11) is 0. The molecule has 0 bridgehead atoms. The molecular weight excluding hydrogens is 378 g/mol. The van der Waals surface area contributed by atoms with Gasteiger partial charge in [0.25, 0.3) is 0 Å². The topological polar surface area (TPSA) is 55.1 Å². The normalized spacial score (nSPS) is 17.2. The van der Waals surface area contributed by atoms with Crippen molar-refractivity contribution in [2.75, 3.05) is 5.32 Å². The number of thiocarbonyl (C=S) groups is 1. The van der Waals surface area contributed by atoms with E-state index in [-0.39, 0.29) is 16.7 Å². The number of hydrogen-bond acceptors (Lipinski definition) is 2. The highest BCUT2D eigenvalue weighted by Crippen LogP contribution is 2.39. The molecule has 0 heterocycles. The van der Waals surface area contributed by atoms with Crippen LogP contribution < -0.4 is 11.1 Å². The number of nitrogens with two attached hydrogens (primary N) is 1. The van der Waals surface area contributed by atoms with Gasteiger partial charge in [-0.2, -0.15) is 0 Å². The maximum atomic E-state index is 13.0. The van der Waals surface area contributed by atoms with Gasteiger partial charge in [0.2, 0.25) is 5.91 Å². The summed E-state index contributed by atoms with van der Waals surface area (Å²) in [4.78, 5) is 12.7. The van der Waals surface area contributed by atoms with Gasteiger partial charge in [0.1, 0.15) is 5.82 Å². The fraction of sp³-hybridized carbons (Fsp3) is 0.385. The number of nitrogens with one attached hydrogen (secondary N) is 1. The van der Waals surface area contributed by atoms with Gasteiger partial charge in [0, 0.05) is 3.57 Å². The van der Waals surface area contributed by atoms with Crippen LogP contribution in [0.25, 0.3) is 0 Å². The van der Waals surface area contributed by atoms with E-state index in [1.807, 2.05) is 22.6 Å². The third kappa shape index (κ3) is 2.89. The van der Waals surface area contributed by atoms with E-state index in [1.165, 1.54) is 12.1 Å². The zero-order valence-electron chi connectivity index (χ0n) is 10.2. The third-order valence-electron chi connectivity index (χ3n) is 3.54. The van der Waals surface area contributed by atoms with Crippen LogP contribution in [0.3, 0.4) is 0 Å². The molecule has 6 heteroatoms. The maximum absolute atomic E-state index is 13.0. The second-order valence-corrected chi connectivity index (χ2v) is 6.33. The molecule has 0 aromatic heterocycles. The number of amides is 1. The van der Waals surface area contributed by atoms with E-state index in [2.05, 4.69) is 5.32 Å². The number of carbonyl (C=O) groups excluding carboxylic acids is 1. The van der Waals surface area contributed by atoms with E-state index < -0.39 is 5.41 Å². The van der Waals surface area contributed by atoms with Crippen molar-refractivity contribution in [2.45, 2.75) is 25.7 Å². The molecule has 1 aromatic rings. The predicted octanol–water partition coefficient (Wildman–Crippen LogP) is 3.22. The number of rotatable bonds is 3. The SMILES string of the molecule is NC(=S)C1(C(=O)Nc2ccc(F)cc2I)CCCC1. The number of hydrogen-bond donors (Lipinski definition) is 2. The van der Waals surface area contributed by atoms with E-state index in [4.69, 9.17) is 18.0 Å². The minimum Gasteiger partial charge on any atom is -0.392 e. The molecule has 3 N–H and O–H groups in total. The highest BCUT2D eigenvalue weighted by atomic mass is 127. The van der Waals surface area contributed by atoms with Gasteiger partial charge in [0.15, 0.2) is 0 Å². The summed E-state index contributed by atoms with van der Waals surface area (Å²) in [5.74, 6) is -0.505. The molecule has 1 amide bonds. The molecule has 0 spiro atoms. The van der Waals surface area contributed by atoms with Gasteiger partial charge in [-0.1, -0.05) is 25.1 Å². The molecule has 1 aliphatic carbocycles. The lowest BCUT2D eigenvalue weighted by molar-refractivity contribution is -0.122. The van der Waals surface area contributed by atoms with Gasteiger partial charge in [-0.3, -0.25) is 4.79 Å². The van der Waals surface area contributed by atoms with Crippen LogP contribution in [0.2, 0.25) is 0 Å². The van der Waals surface area contributed by atoms with E-state index in [9.17, 15) is 9.18 Å². The van der Waals surface area contributed by atoms with Crippen molar-refractivity contribution in [3.63, 3.8) is 0 Å². The monoisotopic (exact) mass is 392 g/mol. The molecule has 2 rings (SSSR count). The molecular formula is C13H14FIN2OS. The average Bonchev–Trinajstić information content (AvgIpc) is 2.83. The van der Waals surface area contributed by atoms with Crippen LogP contribution in [0.5, 0.6) is 0 Å². The van der Waals surface area contributed by atoms with Crippen molar-refractivity contribution in [3.8, 4) is 0 Å². The minimum atomic E-state index is -0.743. The highest BCUT2D eigenvalue weighted by Gasteiger charge is 2.44. The fourth-order valence-corrected chi connectivity index (χ4v) is 3.31. The lowest BCUT2D eigenvalue weighted by Crippen LogP contribution is -2.44. The van der Waals surface area contributed by atoms with Gasteiger partial charge >= 0.3 is 0 Å². The standard InChI is InChI=1S/C13H14FIN2OS/c14-8-3-4-10(9(15)7-8)17-12(18)13(11(16)19)5-1-2-6-13/h3-4,7H,1-2,5-6H2,(H2,16,19)(H,17,18). The van der Waals surface area contributed by atoms with Crippen LogP contribution in [0, 0.1) is 14.8 Å². The Balaban J connectivity index is 2.22. The Bertz CT molecular complexity index is 529. The average molecular weight is 392 g/mol. The van der Waals surface area contributed by atoms with Gasteiger partial charge < -0.3 is 11.1 Å². The summed E-state index contributed by atoms with van der Waals surface area (Å²) >= 11 is 7.05. The highest BCUT2D eigenvalue weighted by molar-refractivity contribution is 14.1. The number of anilines is 1. The first-order valence-corrected chi connectivity index (χ1v) is 7.51. The molecule has 0 radical (unpaired) electrons. The maximum Gasteiger partial charge on any atom is 0.237 e. The second-order valence-electron chi connectivity index (χ2n) is 4.73. The van der Waals surface area contributed by atoms with Crippen molar-refractivity contribution in [2.24, 2.45) is 11.1 Å². The van der Waals surface area contributed by atoms with Crippen molar-refractivity contribution < 1.29 is 9.18 Å². The number of halogens is 2. The molecule has 0 atom stereocenters. The lowest BCUT2D eigenvalue weighted by Gasteiger charge is -2.26. The van der Waals surface area contributed by atoms with Crippen LogP contribution in [-0.4, -0.2) is 10.9 Å². The van der Waals surface area contributed by atoms with Crippen LogP contribution >= 0.6 is 34.8 Å². The summed E-state index contributed by atoms with van der Waals surface area (Å²) in [5.41, 5.74) is 5.61. The van der Waals surface area contributed by atoms with E-state index in [0.29, 0.717) is 22.1 Å². The largest absolute Gasteiger partial charge is 0.392 e. The zero-order chi connectivity index (χ0) is 14.0. The molecule has 1 aromatic carbocycles. The number of benzene rings is 1. The summed E-state index contributed by atoms with van der Waals surface area (Å²) in [6.45, 7) is 0. The molecule has 1 fully saturated rings. The van der Waals surface area contributed by atoms with Crippen molar-refractivity contribution in [1.29, 1.82) is 0 Å². The zero-order valence-corrected chi connectivity index (χ0v) is 13.2. The summed E-state index contributed by atoms with van der Waals surface area (Å²) in [6.07, 6.45) is 3.27. The second kappa shape index (κ2) is 5.70. The third-order valence-corrected chi connectivity index (χ3v) is 4.83. The molecule has 0 saturated heterocycles. The fourth-order valence-electron chi connectivity index (χ4n) is 2.40.